The summed E-state index contributed by atoms with van der Waals surface area (Å²) in [5, 5.41) is 0.374. The van der Waals surface area contributed by atoms with Gasteiger partial charge in [-0.25, -0.2) is 0 Å². The van der Waals surface area contributed by atoms with E-state index in [1.54, 1.807) is 12.1 Å². The Kier molecular flexibility index (Phi) is 4.57. The normalized spacial score (nSPS) is 13.6. The zero-order valence-corrected chi connectivity index (χ0v) is 15.6. The summed E-state index contributed by atoms with van der Waals surface area (Å²) < 4.78 is 30.7. The zero-order chi connectivity index (χ0) is 16.7. The molecule has 0 atom stereocenters. The molecule has 22 heavy (non-hydrogen) atoms. The second-order valence-electron chi connectivity index (χ2n) is 6.13. The molecule has 2 aromatic rings. The van der Waals surface area contributed by atoms with Crippen LogP contribution in [-0.2, 0) is 22.5 Å². The predicted molar refractivity (Wildman–Crippen MR) is 90.9 cm³/mol. The average molecular weight is 359 g/mol. The van der Waals surface area contributed by atoms with Crippen molar-refractivity contribution in [1.82, 2.24) is 4.57 Å². The first-order valence-corrected chi connectivity index (χ1v) is 9.39. The fraction of sp³-hybridized carbons (Fsp3) is 0.400. The highest BCUT2D eigenvalue weighted by molar-refractivity contribution is 7.90. The van der Waals surface area contributed by atoms with Gasteiger partial charge >= 0.3 is 0 Å². The summed E-state index contributed by atoms with van der Waals surface area (Å²) >= 11 is 7.27. The molecule has 7 heteroatoms. The number of thiazole rings is 1. The van der Waals surface area contributed by atoms with Crippen LogP contribution >= 0.6 is 22.9 Å². The fourth-order valence-electron chi connectivity index (χ4n) is 2.09. The molecule has 120 valence electrons. The molecule has 0 saturated heterocycles. The monoisotopic (exact) mass is 358 g/mol. The molecular weight excluding hydrogens is 340 g/mol. The van der Waals surface area contributed by atoms with Crippen LogP contribution in [0.1, 0.15) is 31.3 Å². The summed E-state index contributed by atoms with van der Waals surface area (Å²) in [4.78, 5) is 1.68. The lowest BCUT2D eigenvalue weighted by atomic mass is 9.93. The number of nitrogens with zero attached hydrogens (tertiary/aromatic N) is 2. The van der Waals surface area contributed by atoms with Gasteiger partial charge in [0.2, 0.25) is 4.80 Å². The van der Waals surface area contributed by atoms with Crippen molar-refractivity contribution in [2.24, 2.45) is 11.4 Å². The molecule has 1 heterocycles. The third kappa shape index (κ3) is 3.45. The molecule has 0 fully saturated rings. The van der Waals surface area contributed by atoms with Gasteiger partial charge in [-0.1, -0.05) is 38.4 Å². The maximum absolute atomic E-state index is 12.4. The van der Waals surface area contributed by atoms with Crippen molar-refractivity contribution in [2.75, 3.05) is 0 Å². The molecule has 0 N–H and O–H groups in total. The largest absolute Gasteiger partial charge is 0.323 e. The minimum atomic E-state index is -3.78. The van der Waals surface area contributed by atoms with Gasteiger partial charge in [0.15, 0.2) is 0 Å². The quantitative estimate of drug-likeness (QED) is 0.823. The molecule has 0 amide bonds. The van der Waals surface area contributed by atoms with Crippen molar-refractivity contribution < 1.29 is 8.42 Å². The van der Waals surface area contributed by atoms with E-state index < -0.39 is 10.0 Å². The molecule has 1 aromatic heterocycles. The second-order valence-corrected chi connectivity index (χ2v) is 9.15. The molecule has 0 aliphatic carbocycles. The highest BCUT2D eigenvalue weighted by Gasteiger charge is 2.22. The van der Waals surface area contributed by atoms with E-state index in [-0.39, 0.29) is 10.3 Å². The Morgan fingerprint density at radius 1 is 1.27 bits per heavy atom. The van der Waals surface area contributed by atoms with Gasteiger partial charge in [0.25, 0.3) is 10.0 Å². The molecule has 4 nitrogen and oxygen atoms in total. The van der Waals surface area contributed by atoms with E-state index >= 15 is 0 Å². The van der Waals surface area contributed by atoms with Gasteiger partial charge in [0.1, 0.15) is 0 Å². The van der Waals surface area contributed by atoms with E-state index in [4.69, 9.17) is 11.6 Å². The van der Waals surface area contributed by atoms with Crippen LogP contribution in [0.25, 0.3) is 0 Å². The van der Waals surface area contributed by atoms with Gasteiger partial charge in [-0.05, 0) is 30.5 Å². The van der Waals surface area contributed by atoms with E-state index in [9.17, 15) is 8.42 Å². The molecule has 0 aliphatic heterocycles. The van der Waals surface area contributed by atoms with Gasteiger partial charge in [-0.15, -0.1) is 15.7 Å². The van der Waals surface area contributed by atoms with Gasteiger partial charge < -0.3 is 4.57 Å². The van der Waals surface area contributed by atoms with Crippen molar-refractivity contribution in [3.05, 3.63) is 44.7 Å². The van der Waals surface area contributed by atoms with Gasteiger partial charge in [0, 0.05) is 22.6 Å². The van der Waals surface area contributed by atoms with Crippen LogP contribution in [0, 0.1) is 6.92 Å². The molecule has 2 rings (SSSR count). The Morgan fingerprint density at radius 3 is 2.41 bits per heavy atom. The molecule has 0 radical (unpaired) electrons. The number of halogens is 1. The summed E-state index contributed by atoms with van der Waals surface area (Å²) in [6.45, 7) is 8.27. The fourth-order valence-corrected chi connectivity index (χ4v) is 4.79. The second kappa shape index (κ2) is 5.83. The van der Waals surface area contributed by atoms with Gasteiger partial charge in [-0.3, -0.25) is 0 Å². The minimum absolute atomic E-state index is 0.0555. The smallest absolute Gasteiger partial charge is 0.285 e. The summed E-state index contributed by atoms with van der Waals surface area (Å²) in [6, 6.07) is 6.14. The Morgan fingerprint density at radius 2 is 1.91 bits per heavy atom. The lowest BCUT2D eigenvalue weighted by Crippen LogP contribution is -2.15. The molecule has 1 aromatic carbocycles. The summed E-state index contributed by atoms with van der Waals surface area (Å²) in [6.07, 6.45) is 0. The SMILES string of the molecule is Cc1c(C(C)(C)C)s/c(=N\S(=O)(=O)c2cccc(Cl)c2)n1C. The third-order valence-electron chi connectivity index (χ3n) is 3.29. The van der Waals surface area contributed by atoms with Crippen LogP contribution in [0.3, 0.4) is 0 Å². The number of benzene rings is 1. The van der Waals surface area contributed by atoms with Crippen LogP contribution in [0.5, 0.6) is 0 Å². The van der Waals surface area contributed by atoms with E-state index in [0.717, 1.165) is 10.6 Å². The number of rotatable bonds is 2. The molecule has 0 unspecified atom stereocenters. The van der Waals surface area contributed by atoms with Crippen LogP contribution in [0.15, 0.2) is 33.6 Å². The third-order valence-corrected chi connectivity index (χ3v) is 6.56. The highest BCUT2D eigenvalue weighted by Crippen LogP contribution is 2.28. The Hall–Kier alpha value is -1.11. The van der Waals surface area contributed by atoms with E-state index in [2.05, 4.69) is 25.2 Å². The first kappa shape index (κ1) is 17.2. The highest BCUT2D eigenvalue weighted by atomic mass is 35.5. The maximum Gasteiger partial charge on any atom is 0.285 e. The molecule has 0 spiro atoms. The lowest BCUT2D eigenvalue weighted by Gasteiger charge is -2.17. The standard InChI is InChI=1S/C15H19ClN2O2S2/c1-10-13(15(2,3)4)21-14(18(10)5)17-22(19,20)12-8-6-7-11(16)9-12/h6-9H,1-5H3/b17-14-. The van der Waals surface area contributed by atoms with Crippen molar-refractivity contribution in [3.63, 3.8) is 0 Å². The van der Waals surface area contributed by atoms with Crippen molar-refractivity contribution in [3.8, 4) is 0 Å². The molecule has 0 aliphatic rings. The number of sulfonamides is 1. The Bertz CT molecular complexity index is 872. The minimum Gasteiger partial charge on any atom is -0.323 e. The van der Waals surface area contributed by atoms with Crippen LogP contribution in [0.4, 0.5) is 0 Å². The molecule has 0 bridgehead atoms. The number of hydrogen-bond donors (Lipinski definition) is 0. The topological polar surface area (TPSA) is 51.4 Å². The first-order valence-electron chi connectivity index (χ1n) is 6.76. The summed E-state index contributed by atoms with van der Waals surface area (Å²) in [7, 11) is -1.95. The molecular formula is C15H19ClN2O2S2. The number of hydrogen-bond acceptors (Lipinski definition) is 3. The van der Waals surface area contributed by atoms with Gasteiger partial charge in [0.05, 0.1) is 4.90 Å². The summed E-state index contributed by atoms with van der Waals surface area (Å²) in [5.41, 5.74) is 0.970. The van der Waals surface area contributed by atoms with Crippen LogP contribution in [-0.4, -0.2) is 13.0 Å². The Balaban J connectivity index is 2.64. The van der Waals surface area contributed by atoms with E-state index in [1.165, 1.54) is 23.5 Å². The zero-order valence-electron chi connectivity index (χ0n) is 13.2. The van der Waals surface area contributed by atoms with Crippen molar-refractivity contribution in [1.29, 1.82) is 0 Å². The number of aromatic nitrogens is 1. The van der Waals surface area contributed by atoms with Crippen LogP contribution in [0.2, 0.25) is 5.02 Å². The first-order chi connectivity index (χ1) is 10.0. The predicted octanol–water partition coefficient (Wildman–Crippen LogP) is 3.64. The van der Waals surface area contributed by atoms with E-state index in [0.29, 0.717) is 9.82 Å². The maximum atomic E-state index is 12.4. The molecule has 0 saturated carbocycles. The lowest BCUT2D eigenvalue weighted by molar-refractivity contribution is 0.592. The van der Waals surface area contributed by atoms with Crippen molar-refractivity contribution in [2.45, 2.75) is 38.0 Å². The van der Waals surface area contributed by atoms with Crippen LogP contribution < -0.4 is 4.80 Å². The van der Waals surface area contributed by atoms with Gasteiger partial charge in [-0.2, -0.15) is 8.42 Å². The summed E-state index contributed by atoms with van der Waals surface area (Å²) in [5.74, 6) is 0. The van der Waals surface area contributed by atoms with Crippen molar-refractivity contribution >= 4 is 33.0 Å². The average Bonchev–Trinajstić information content (AvgIpc) is 2.66. The van der Waals surface area contributed by atoms with E-state index in [1.807, 2.05) is 18.5 Å². The Labute approximate surface area is 140 Å².